The quantitative estimate of drug-likeness (QED) is 0.884. The number of aliphatic hydroxyl groups is 1. The average Bonchev–Trinajstić information content (AvgIpc) is 2.63. The molecule has 23 heavy (non-hydrogen) atoms. The summed E-state index contributed by atoms with van der Waals surface area (Å²) in [7, 11) is 0. The number of rotatable bonds is 4. The molecule has 1 aromatic heterocycles. The van der Waals surface area contributed by atoms with Gasteiger partial charge in [-0.2, -0.15) is 0 Å². The topological polar surface area (TPSA) is 65.9 Å². The Morgan fingerprint density at radius 2 is 2.00 bits per heavy atom. The number of amides is 1. The summed E-state index contributed by atoms with van der Waals surface area (Å²) in [6.45, 7) is 5.02. The molecule has 2 saturated heterocycles. The maximum absolute atomic E-state index is 12.4. The summed E-state index contributed by atoms with van der Waals surface area (Å²) >= 11 is 0. The molecule has 0 bridgehead atoms. The number of aliphatic hydroxyl groups excluding tert-OH is 1. The highest BCUT2D eigenvalue weighted by Crippen LogP contribution is 2.29. The van der Waals surface area contributed by atoms with Crippen LogP contribution in [-0.2, 0) is 9.53 Å². The van der Waals surface area contributed by atoms with Gasteiger partial charge in [-0.25, -0.2) is 0 Å². The van der Waals surface area contributed by atoms with Gasteiger partial charge in [-0.1, -0.05) is 6.07 Å². The second kappa shape index (κ2) is 7.86. The van der Waals surface area contributed by atoms with E-state index in [1.807, 2.05) is 23.1 Å². The fourth-order valence-electron chi connectivity index (χ4n) is 3.31. The van der Waals surface area contributed by atoms with Crippen molar-refractivity contribution in [3.8, 4) is 0 Å². The Labute approximate surface area is 137 Å². The van der Waals surface area contributed by atoms with E-state index in [9.17, 15) is 9.90 Å². The minimum atomic E-state index is -0.535. The molecule has 2 aliphatic heterocycles. The number of likely N-dealkylation sites (tertiary alicyclic amines) is 1. The first kappa shape index (κ1) is 16.4. The van der Waals surface area contributed by atoms with Crippen LogP contribution >= 0.6 is 0 Å². The first-order valence-electron chi connectivity index (χ1n) is 8.41. The SMILES string of the molecule is O=C(CN1CCOCC1)N1CCC([C@@H](O)c2ccccn2)CC1. The lowest BCUT2D eigenvalue weighted by Gasteiger charge is -2.35. The van der Waals surface area contributed by atoms with Gasteiger partial charge in [0, 0.05) is 32.4 Å². The third-order valence-electron chi connectivity index (χ3n) is 4.79. The maximum atomic E-state index is 12.4. The molecule has 1 N–H and O–H groups in total. The molecule has 0 aromatic carbocycles. The lowest BCUT2D eigenvalue weighted by atomic mass is 9.89. The van der Waals surface area contributed by atoms with E-state index in [4.69, 9.17) is 4.74 Å². The highest BCUT2D eigenvalue weighted by molar-refractivity contribution is 5.78. The number of ether oxygens (including phenoxy) is 1. The number of hydrogen-bond donors (Lipinski definition) is 1. The number of carbonyl (C=O) groups excluding carboxylic acids is 1. The molecule has 3 rings (SSSR count). The van der Waals surface area contributed by atoms with Crippen LogP contribution in [0.2, 0.25) is 0 Å². The van der Waals surface area contributed by atoms with Gasteiger partial charge < -0.3 is 14.7 Å². The van der Waals surface area contributed by atoms with Gasteiger partial charge in [0.1, 0.15) is 0 Å². The van der Waals surface area contributed by atoms with Gasteiger partial charge in [0.15, 0.2) is 0 Å². The second-order valence-corrected chi connectivity index (χ2v) is 6.31. The van der Waals surface area contributed by atoms with E-state index in [1.54, 1.807) is 6.20 Å². The van der Waals surface area contributed by atoms with Crippen molar-refractivity contribution >= 4 is 5.91 Å². The Morgan fingerprint density at radius 3 is 2.65 bits per heavy atom. The molecule has 2 fully saturated rings. The summed E-state index contributed by atoms with van der Waals surface area (Å²) in [5, 5.41) is 10.4. The van der Waals surface area contributed by atoms with Crippen molar-refractivity contribution in [1.29, 1.82) is 0 Å². The number of hydrogen-bond acceptors (Lipinski definition) is 5. The molecule has 0 unspecified atom stereocenters. The summed E-state index contributed by atoms with van der Waals surface area (Å²) < 4.78 is 5.31. The van der Waals surface area contributed by atoms with Crippen LogP contribution in [-0.4, -0.2) is 71.7 Å². The zero-order valence-corrected chi connectivity index (χ0v) is 13.4. The van der Waals surface area contributed by atoms with Gasteiger partial charge >= 0.3 is 0 Å². The summed E-state index contributed by atoms with van der Waals surface area (Å²) in [6, 6.07) is 5.61. The molecule has 6 nitrogen and oxygen atoms in total. The van der Waals surface area contributed by atoms with E-state index < -0.39 is 6.10 Å². The molecule has 0 aliphatic carbocycles. The van der Waals surface area contributed by atoms with E-state index in [2.05, 4.69) is 9.88 Å². The largest absolute Gasteiger partial charge is 0.387 e. The number of carbonyl (C=O) groups is 1. The van der Waals surface area contributed by atoms with Crippen LogP contribution in [0.4, 0.5) is 0 Å². The second-order valence-electron chi connectivity index (χ2n) is 6.31. The van der Waals surface area contributed by atoms with Crippen molar-refractivity contribution in [3.05, 3.63) is 30.1 Å². The van der Waals surface area contributed by atoms with Crippen molar-refractivity contribution in [1.82, 2.24) is 14.8 Å². The summed E-state index contributed by atoms with van der Waals surface area (Å²) in [4.78, 5) is 20.7. The van der Waals surface area contributed by atoms with Crippen LogP contribution in [0.1, 0.15) is 24.6 Å². The molecule has 126 valence electrons. The first-order chi connectivity index (χ1) is 11.2. The third-order valence-corrected chi connectivity index (χ3v) is 4.79. The lowest BCUT2D eigenvalue weighted by Crippen LogP contribution is -2.47. The van der Waals surface area contributed by atoms with Crippen molar-refractivity contribution in [3.63, 3.8) is 0 Å². The minimum absolute atomic E-state index is 0.178. The highest BCUT2D eigenvalue weighted by Gasteiger charge is 2.29. The Bertz CT molecular complexity index is 497. The predicted octanol–water partition coefficient (Wildman–Crippen LogP) is 0.686. The number of pyridine rings is 1. The van der Waals surface area contributed by atoms with E-state index in [0.717, 1.165) is 44.7 Å². The highest BCUT2D eigenvalue weighted by atomic mass is 16.5. The molecule has 1 amide bonds. The molecule has 1 aromatic rings. The van der Waals surface area contributed by atoms with Gasteiger partial charge in [0.2, 0.25) is 5.91 Å². The average molecular weight is 319 g/mol. The molecule has 2 aliphatic rings. The smallest absolute Gasteiger partial charge is 0.236 e. The van der Waals surface area contributed by atoms with Gasteiger partial charge in [0.25, 0.3) is 0 Å². The van der Waals surface area contributed by atoms with Crippen LogP contribution in [0.5, 0.6) is 0 Å². The molecule has 1 atom stereocenters. The summed E-state index contributed by atoms with van der Waals surface area (Å²) in [5.41, 5.74) is 0.727. The molecule has 0 spiro atoms. The van der Waals surface area contributed by atoms with Gasteiger partial charge in [-0.3, -0.25) is 14.7 Å². The van der Waals surface area contributed by atoms with Crippen LogP contribution < -0.4 is 0 Å². The van der Waals surface area contributed by atoms with Gasteiger partial charge in [-0.05, 0) is 30.9 Å². The normalized spacial score (nSPS) is 22.0. The Kier molecular flexibility index (Phi) is 5.59. The Balaban J connectivity index is 1.47. The van der Waals surface area contributed by atoms with Crippen molar-refractivity contribution in [2.45, 2.75) is 18.9 Å². The molecule has 0 saturated carbocycles. The number of nitrogens with zero attached hydrogens (tertiary/aromatic N) is 3. The van der Waals surface area contributed by atoms with Crippen molar-refractivity contribution < 1.29 is 14.6 Å². The van der Waals surface area contributed by atoms with E-state index in [0.29, 0.717) is 19.8 Å². The summed E-state index contributed by atoms with van der Waals surface area (Å²) in [5.74, 6) is 0.370. The van der Waals surface area contributed by atoms with E-state index in [-0.39, 0.29) is 11.8 Å². The Morgan fingerprint density at radius 1 is 1.26 bits per heavy atom. The van der Waals surface area contributed by atoms with Crippen LogP contribution in [0.15, 0.2) is 24.4 Å². The van der Waals surface area contributed by atoms with E-state index in [1.165, 1.54) is 0 Å². The number of aromatic nitrogens is 1. The number of piperidine rings is 1. The molecule has 3 heterocycles. The fraction of sp³-hybridized carbons (Fsp3) is 0.647. The van der Waals surface area contributed by atoms with Gasteiger partial charge in [-0.15, -0.1) is 0 Å². The van der Waals surface area contributed by atoms with Crippen LogP contribution in [0.3, 0.4) is 0 Å². The zero-order chi connectivity index (χ0) is 16.1. The molecule has 0 radical (unpaired) electrons. The first-order valence-corrected chi connectivity index (χ1v) is 8.41. The monoisotopic (exact) mass is 319 g/mol. The van der Waals surface area contributed by atoms with Gasteiger partial charge in [0.05, 0.1) is 31.6 Å². The molecule has 6 heteroatoms. The predicted molar refractivity (Wildman–Crippen MR) is 85.8 cm³/mol. The van der Waals surface area contributed by atoms with Crippen molar-refractivity contribution in [2.24, 2.45) is 5.92 Å². The fourth-order valence-corrected chi connectivity index (χ4v) is 3.31. The minimum Gasteiger partial charge on any atom is -0.387 e. The van der Waals surface area contributed by atoms with E-state index >= 15 is 0 Å². The van der Waals surface area contributed by atoms with Crippen molar-refractivity contribution in [2.75, 3.05) is 45.9 Å². The third kappa shape index (κ3) is 4.28. The Hall–Kier alpha value is -1.50. The zero-order valence-electron chi connectivity index (χ0n) is 13.4. The lowest BCUT2D eigenvalue weighted by molar-refractivity contribution is -0.135. The number of morpholine rings is 1. The molecular weight excluding hydrogens is 294 g/mol. The van der Waals surface area contributed by atoms with Crippen LogP contribution in [0, 0.1) is 5.92 Å². The maximum Gasteiger partial charge on any atom is 0.236 e. The standard InChI is InChI=1S/C17H25N3O3/c21-16(13-19-9-11-23-12-10-19)20-7-4-14(5-8-20)17(22)15-3-1-2-6-18-15/h1-3,6,14,17,22H,4-5,7-13H2/t17-/m1/s1. The molecular formula is C17H25N3O3. The van der Waals surface area contributed by atoms with Crippen LogP contribution in [0.25, 0.3) is 0 Å². The summed E-state index contributed by atoms with van der Waals surface area (Å²) in [6.07, 6.45) is 2.83.